The molecule has 2 aromatic carbocycles. The van der Waals surface area contributed by atoms with Crippen molar-refractivity contribution in [2.24, 2.45) is 0 Å². The molecule has 0 bridgehead atoms. The summed E-state index contributed by atoms with van der Waals surface area (Å²) in [5.74, 6) is -0.0227. The Morgan fingerprint density at radius 2 is 1.85 bits per heavy atom. The van der Waals surface area contributed by atoms with E-state index < -0.39 is 0 Å². The number of carbonyl (C=O) groups excluding carboxylic acids is 1. The summed E-state index contributed by atoms with van der Waals surface area (Å²) >= 11 is 1.63. The number of para-hydroxylation sites is 1. The van der Waals surface area contributed by atoms with Gasteiger partial charge in [-0.1, -0.05) is 12.1 Å². The highest BCUT2D eigenvalue weighted by atomic mass is 32.1. The monoisotopic (exact) mass is 376 g/mol. The first-order chi connectivity index (χ1) is 13.0. The second kappa shape index (κ2) is 6.96. The molecule has 1 atom stereocenters. The Labute approximate surface area is 161 Å². The lowest BCUT2D eigenvalue weighted by Crippen LogP contribution is -2.29. The number of amides is 1. The zero-order chi connectivity index (χ0) is 19.0. The quantitative estimate of drug-likeness (QED) is 0.522. The highest BCUT2D eigenvalue weighted by Crippen LogP contribution is 2.29. The third-order valence-electron chi connectivity index (χ3n) is 4.76. The number of carbonyl (C=O) groups is 1. The average Bonchev–Trinajstić information content (AvgIpc) is 3.32. The lowest BCUT2D eigenvalue weighted by molar-refractivity contribution is 0.0742. The van der Waals surface area contributed by atoms with E-state index in [-0.39, 0.29) is 11.9 Å². The number of fused-ring (bicyclic) bond motifs is 1. The fourth-order valence-electron chi connectivity index (χ4n) is 3.00. The molecule has 0 saturated heterocycles. The molecule has 4 rings (SSSR count). The van der Waals surface area contributed by atoms with Gasteiger partial charge in [-0.25, -0.2) is 9.67 Å². The van der Waals surface area contributed by atoms with Crippen molar-refractivity contribution in [2.45, 2.75) is 19.9 Å². The maximum absolute atomic E-state index is 12.9. The molecular formula is C21H20N4OS. The molecule has 5 nitrogen and oxygen atoms in total. The Morgan fingerprint density at radius 1 is 1.11 bits per heavy atom. The van der Waals surface area contributed by atoms with Crippen molar-refractivity contribution in [1.82, 2.24) is 19.7 Å². The third-order valence-corrected chi connectivity index (χ3v) is 5.97. The molecule has 0 aliphatic rings. The molecule has 4 aromatic rings. The van der Waals surface area contributed by atoms with E-state index >= 15 is 0 Å². The topological polar surface area (TPSA) is 51.0 Å². The Balaban J connectivity index is 1.55. The molecule has 27 heavy (non-hydrogen) atoms. The lowest BCUT2D eigenvalue weighted by atomic mass is 10.1. The Bertz CT molecular complexity index is 1060. The van der Waals surface area contributed by atoms with Crippen molar-refractivity contribution >= 4 is 27.5 Å². The first kappa shape index (κ1) is 17.4. The number of benzene rings is 2. The summed E-state index contributed by atoms with van der Waals surface area (Å²) in [5.41, 5.74) is 3.62. The van der Waals surface area contributed by atoms with Gasteiger partial charge >= 0.3 is 0 Å². The van der Waals surface area contributed by atoms with Crippen LogP contribution < -0.4 is 0 Å². The van der Waals surface area contributed by atoms with Crippen LogP contribution in [0.4, 0.5) is 0 Å². The largest absolute Gasteiger partial charge is 0.333 e. The zero-order valence-electron chi connectivity index (χ0n) is 15.5. The average molecular weight is 376 g/mol. The molecule has 0 aliphatic carbocycles. The van der Waals surface area contributed by atoms with Crippen LogP contribution in [0.3, 0.4) is 0 Å². The van der Waals surface area contributed by atoms with E-state index in [2.05, 4.69) is 16.1 Å². The molecule has 0 N–H and O–H groups in total. The number of hydrogen-bond acceptors (Lipinski definition) is 4. The Hall–Kier alpha value is -2.99. The van der Waals surface area contributed by atoms with Crippen LogP contribution in [0.15, 0.2) is 60.8 Å². The summed E-state index contributed by atoms with van der Waals surface area (Å²) in [7, 11) is 1.82. The van der Waals surface area contributed by atoms with Crippen molar-refractivity contribution in [3.63, 3.8) is 0 Å². The summed E-state index contributed by atoms with van der Waals surface area (Å²) < 4.78 is 2.99. The van der Waals surface area contributed by atoms with Crippen LogP contribution in [0.25, 0.3) is 15.9 Å². The lowest BCUT2D eigenvalue weighted by Gasteiger charge is -2.23. The molecule has 0 radical (unpaired) electrons. The van der Waals surface area contributed by atoms with Crippen LogP contribution in [0.1, 0.15) is 34.0 Å². The molecule has 0 fully saturated rings. The SMILES string of the molecule is Cc1ccnn1-c1ccc(C(=O)N(C)[C@H](C)c2nc3ccccc3s2)cc1. The third kappa shape index (κ3) is 3.24. The van der Waals surface area contributed by atoms with E-state index in [1.807, 2.05) is 74.1 Å². The number of hydrogen-bond donors (Lipinski definition) is 0. The van der Waals surface area contributed by atoms with E-state index in [0.29, 0.717) is 5.56 Å². The predicted molar refractivity (Wildman–Crippen MR) is 108 cm³/mol. The summed E-state index contributed by atoms with van der Waals surface area (Å²) in [6.07, 6.45) is 1.77. The first-order valence-electron chi connectivity index (χ1n) is 8.78. The second-order valence-electron chi connectivity index (χ2n) is 6.54. The van der Waals surface area contributed by atoms with Gasteiger partial charge in [0.15, 0.2) is 0 Å². The van der Waals surface area contributed by atoms with E-state index in [9.17, 15) is 4.79 Å². The van der Waals surface area contributed by atoms with Crippen molar-refractivity contribution in [2.75, 3.05) is 7.05 Å². The van der Waals surface area contributed by atoms with Crippen molar-refractivity contribution in [1.29, 1.82) is 0 Å². The van der Waals surface area contributed by atoms with E-state index in [1.165, 1.54) is 0 Å². The van der Waals surface area contributed by atoms with Crippen molar-refractivity contribution in [3.05, 3.63) is 77.1 Å². The Kier molecular flexibility index (Phi) is 4.49. The van der Waals surface area contributed by atoms with Gasteiger partial charge in [0.1, 0.15) is 5.01 Å². The standard InChI is InChI=1S/C21H20N4OS/c1-14-12-13-22-25(14)17-10-8-16(9-11-17)21(26)24(3)15(2)20-23-18-6-4-5-7-19(18)27-20/h4-13,15H,1-3H3/t15-/m1/s1. The van der Waals surface area contributed by atoms with Crippen LogP contribution >= 0.6 is 11.3 Å². The van der Waals surface area contributed by atoms with Gasteiger partial charge in [0.25, 0.3) is 5.91 Å². The van der Waals surface area contributed by atoms with Crippen LogP contribution in [0.5, 0.6) is 0 Å². The minimum absolute atomic E-state index is 0.0227. The molecule has 0 aliphatic heterocycles. The number of nitrogens with zero attached hydrogens (tertiary/aromatic N) is 4. The molecule has 2 aromatic heterocycles. The predicted octanol–water partition coefficient (Wildman–Crippen LogP) is 4.62. The summed E-state index contributed by atoms with van der Waals surface area (Å²) in [6, 6.07) is 17.4. The van der Waals surface area contributed by atoms with Gasteiger partial charge in [-0.2, -0.15) is 5.10 Å². The molecule has 6 heteroatoms. The molecule has 0 spiro atoms. The van der Waals surface area contributed by atoms with Gasteiger partial charge in [-0.3, -0.25) is 4.79 Å². The smallest absolute Gasteiger partial charge is 0.254 e. The van der Waals surface area contributed by atoms with E-state index in [4.69, 9.17) is 0 Å². The van der Waals surface area contributed by atoms with Crippen LogP contribution in [-0.4, -0.2) is 32.6 Å². The normalized spacial score (nSPS) is 12.3. The number of rotatable bonds is 4. The van der Waals surface area contributed by atoms with Crippen LogP contribution in [0, 0.1) is 6.92 Å². The van der Waals surface area contributed by atoms with Crippen LogP contribution in [0.2, 0.25) is 0 Å². The van der Waals surface area contributed by atoms with Crippen molar-refractivity contribution < 1.29 is 4.79 Å². The summed E-state index contributed by atoms with van der Waals surface area (Å²) in [5, 5.41) is 5.24. The van der Waals surface area contributed by atoms with Crippen molar-refractivity contribution in [3.8, 4) is 5.69 Å². The Morgan fingerprint density at radius 3 is 2.52 bits per heavy atom. The summed E-state index contributed by atoms with van der Waals surface area (Å²) in [4.78, 5) is 19.3. The zero-order valence-corrected chi connectivity index (χ0v) is 16.3. The molecule has 136 valence electrons. The van der Waals surface area contributed by atoms with Gasteiger partial charge in [-0.15, -0.1) is 11.3 Å². The maximum atomic E-state index is 12.9. The van der Waals surface area contributed by atoms with Gasteiger partial charge in [0.2, 0.25) is 0 Å². The number of aryl methyl sites for hydroxylation is 1. The molecule has 1 amide bonds. The minimum atomic E-state index is -0.0945. The fraction of sp³-hybridized carbons (Fsp3) is 0.190. The molecule has 0 saturated carbocycles. The van der Waals surface area contributed by atoms with Gasteiger partial charge in [-0.05, 0) is 56.3 Å². The molecule has 2 heterocycles. The van der Waals surface area contributed by atoms with Gasteiger partial charge in [0.05, 0.1) is 21.9 Å². The van der Waals surface area contributed by atoms with Gasteiger partial charge in [0, 0.05) is 24.5 Å². The highest BCUT2D eigenvalue weighted by molar-refractivity contribution is 7.18. The van der Waals surface area contributed by atoms with Gasteiger partial charge < -0.3 is 4.90 Å². The minimum Gasteiger partial charge on any atom is -0.333 e. The number of thiazole rings is 1. The van der Waals surface area contributed by atoms with E-state index in [0.717, 1.165) is 26.6 Å². The first-order valence-corrected chi connectivity index (χ1v) is 9.60. The number of aromatic nitrogens is 3. The fourth-order valence-corrected chi connectivity index (χ4v) is 4.06. The highest BCUT2D eigenvalue weighted by Gasteiger charge is 2.22. The maximum Gasteiger partial charge on any atom is 0.254 e. The van der Waals surface area contributed by atoms with Crippen LogP contribution in [-0.2, 0) is 0 Å². The molecular weight excluding hydrogens is 356 g/mol. The van der Waals surface area contributed by atoms with E-state index in [1.54, 1.807) is 22.4 Å². The second-order valence-corrected chi connectivity index (χ2v) is 7.61. The molecule has 0 unspecified atom stereocenters. The summed E-state index contributed by atoms with van der Waals surface area (Å²) in [6.45, 7) is 4.01.